The van der Waals surface area contributed by atoms with Crippen LogP contribution in [0, 0.1) is 0 Å². The molecule has 0 spiro atoms. The molecule has 1 saturated heterocycles. The van der Waals surface area contributed by atoms with E-state index in [0.29, 0.717) is 80.9 Å². The summed E-state index contributed by atoms with van der Waals surface area (Å²) in [5.74, 6) is -5.29. The van der Waals surface area contributed by atoms with Crippen LogP contribution >= 0.6 is 0 Å². The minimum atomic E-state index is -3.70. The summed E-state index contributed by atoms with van der Waals surface area (Å²) in [6.07, 6.45) is 0.211. The van der Waals surface area contributed by atoms with Crippen molar-refractivity contribution in [2.24, 2.45) is 29.2 Å². The number of sulfonamides is 1. The Morgan fingerprint density at radius 1 is 1.02 bits per heavy atom. The van der Waals surface area contributed by atoms with Gasteiger partial charge in [0.1, 0.15) is 23.1 Å². The number of nitrogens with one attached hydrogen (secondary N) is 1. The fourth-order valence-corrected chi connectivity index (χ4v) is 6.90. The summed E-state index contributed by atoms with van der Waals surface area (Å²) in [6, 6.07) is 3.89. The van der Waals surface area contributed by atoms with Crippen molar-refractivity contribution in [1.29, 1.82) is 0 Å². The maximum Gasteiger partial charge on any atom is 0.336 e. The number of aliphatic hydroxyl groups is 1. The zero-order valence-corrected chi connectivity index (χ0v) is 33.4. The number of piperazine rings is 1. The van der Waals surface area contributed by atoms with Gasteiger partial charge in [-0.1, -0.05) is 13.3 Å². The summed E-state index contributed by atoms with van der Waals surface area (Å²) >= 11 is 0. The number of ether oxygens (including phenoxy) is 1. The zero-order valence-electron chi connectivity index (χ0n) is 32.6. The van der Waals surface area contributed by atoms with Gasteiger partial charge in [-0.3, -0.25) is 28.9 Å². The molecule has 3 heterocycles. The summed E-state index contributed by atoms with van der Waals surface area (Å²) in [5.41, 5.74) is 14.3. The number of carboxylic acid groups (broad SMARTS) is 4. The highest BCUT2D eigenvalue weighted by molar-refractivity contribution is 7.89. The molecule has 0 bridgehead atoms. The predicted molar refractivity (Wildman–Crippen MR) is 209 cm³/mol. The van der Waals surface area contributed by atoms with E-state index in [1.165, 1.54) is 8.99 Å². The number of hydrogen-bond acceptors (Lipinski definition) is 14. The molecular weight excluding hydrogens is 788 g/mol. The monoisotopic (exact) mass is 840 g/mol. The molecule has 58 heavy (non-hydrogen) atoms. The number of fused-ring (bicyclic) bond motifs is 1. The summed E-state index contributed by atoms with van der Waals surface area (Å²) in [5, 5.41) is 46.6. The Labute approximate surface area is 333 Å². The number of nitrogens with zero attached hydrogens (tertiary/aromatic N) is 6. The van der Waals surface area contributed by atoms with Crippen LogP contribution in [0.3, 0.4) is 0 Å². The number of carboxylic acids is 4. The van der Waals surface area contributed by atoms with Crippen molar-refractivity contribution in [3.63, 3.8) is 0 Å². The van der Waals surface area contributed by atoms with Gasteiger partial charge in [-0.25, -0.2) is 18.2 Å². The molecule has 12 N–H and O–H groups in total. The lowest BCUT2D eigenvalue weighted by molar-refractivity contribution is -0.170. The molecule has 2 aromatic heterocycles. The van der Waals surface area contributed by atoms with E-state index in [4.69, 9.17) is 52.5 Å². The van der Waals surface area contributed by atoms with Gasteiger partial charge < -0.3 is 57.4 Å². The number of benzene rings is 1. The third-order valence-electron chi connectivity index (χ3n) is 8.43. The van der Waals surface area contributed by atoms with Crippen molar-refractivity contribution in [2.45, 2.75) is 68.9 Å². The van der Waals surface area contributed by atoms with E-state index < -0.39 is 58.4 Å². The van der Waals surface area contributed by atoms with Crippen molar-refractivity contribution in [1.82, 2.24) is 29.0 Å². The summed E-state index contributed by atoms with van der Waals surface area (Å²) in [4.78, 5) is 67.0. The molecule has 1 aromatic carbocycles. The second-order valence-electron chi connectivity index (χ2n) is 13.1. The Hall–Kier alpha value is -5.69. The van der Waals surface area contributed by atoms with Gasteiger partial charge in [0.15, 0.2) is 17.1 Å². The molecule has 0 unspecified atom stereocenters. The van der Waals surface area contributed by atoms with Gasteiger partial charge in [0.05, 0.1) is 35.6 Å². The number of aliphatic imine (C=N–C) groups is 1. The minimum Gasteiger partial charge on any atom is -0.493 e. The second kappa shape index (κ2) is 21.7. The average Bonchev–Trinajstić information content (AvgIpc) is 3.45. The van der Waals surface area contributed by atoms with Crippen molar-refractivity contribution in [3.8, 4) is 17.1 Å². The van der Waals surface area contributed by atoms with Gasteiger partial charge in [-0.2, -0.15) is 9.40 Å². The average molecular weight is 841 g/mol. The third kappa shape index (κ3) is 13.8. The molecule has 0 radical (unpaired) electrons. The lowest BCUT2D eigenvalue weighted by Crippen LogP contribution is -2.47. The number of guanidine groups is 1. The lowest BCUT2D eigenvalue weighted by atomic mass is 9.96. The molecule has 0 aliphatic carbocycles. The zero-order chi connectivity index (χ0) is 44.0. The van der Waals surface area contributed by atoms with Crippen molar-refractivity contribution < 1.29 is 57.9 Å². The molecule has 1 fully saturated rings. The predicted octanol–water partition coefficient (Wildman–Crippen LogP) is -1.19. The van der Waals surface area contributed by atoms with Crippen LogP contribution in [-0.4, -0.2) is 151 Å². The first-order valence-corrected chi connectivity index (χ1v) is 19.4. The second-order valence-corrected chi connectivity index (χ2v) is 15.0. The van der Waals surface area contributed by atoms with E-state index in [1.54, 1.807) is 25.2 Å². The normalized spacial score (nSPS) is 14.0. The number of aromatic nitrogens is 4. The largest absolute Gasteiger partial charge is 0.493 e. The SMILES string of the molecule is CCCc1nn(C)c2c(=O)[nH]c(-c3cc(S(=O)(=O)N4CCN(C)CC4)ccc3OCC)nc12.NC(N)=NCCC[C@H](N)C(=O)O.O=C(O)CC(O)(CC(=O)O)C(=O)O. The molecule has 0 saturated carbocycles. The molecule has 1 aliphatic rings. The number of rotatable bonds is 17. The number of aliphatic carboxylic acids is 4. The van der Waals surface area contributed by atoms with E-state index in [0.717, 1.165) is 12.1 Å². The van der Waals surface area contributed by atoms with Gasteiger partial charge >= 0.3 is 23.9 Å². The van der Waals surface area contributed by atoms with Crippen molar-refractivity contribution >= 4 is 50.9 Å². The van der Waals surface area contributed by atoms with Crippen LogP contribution in [0.2, 0.25) is 0 Å². The van der Waals surface area contributed by atoms with E-state index in [1.807, 2.05) is 20.9 Å². The Balaban J connectivity index is 0.000000383. The van der Waals surface area contributed by atoms with Crippen LogP contribution in [0.4, 0.5) is 0 Å². The van der Waals surface area contributed by atoms with E-state index in [-0.39, 0.29) is 22.2 Å². The topological polar surface area (TPSA) is 373 Å². The standard InChI is InChI=1S/C22H30N6O4S.C6H14N4O2.C6H8O7/c1-5-7-17-19-20(27(4)25-17)22(29)24-21(23-19)16-14-15(8-9-18(16)32-6-2)33(30,31)28-12-10-26(3)11-13-28;7-4(5(11)12)2-1-3-10-6(8)9;7-3(8)1-6(13,5(11)12)2-4(9)10/h8-9,14H,5-7,10-13H2,1-4H3,(H,23,24,29);4H,1-3,7H2,(H,11,12)(H4,8,9,10);13H,1-2H2,(H,7,8)(H,9,10)(H,11,12)/t;4-;/m.0./s1. The highest BCUT2D eigenvalue weighted by atomic mass is 32.2. The molecule has 0 amide bonds. The van der Waals surface area contributed by atoms with E-state index in [9.17, 15) is 32.4 Å². The molecular formula is C34H52N10O13S. The lowest BCUT2D eigenvalue weighted by Gasteiger charge is -2.31. The van der Waals surface area contributed by atoms with Crippen molar-refractivity contribution in [2.75, 3.05) is 46.4 Å². The fourth-order valence-electron chi connectivity index (χ4n) is 5.45. The number of likely N-dealkylation sites (N-methyl/N-ethyl adjacent to an activating group) is 1. The van der Waals surface area contributed by atoms with Gasteiger partial charge in [0.25, 0.3) is 5.56 Å². The molecule has 322 valence electrons. The maximum atomic E-state index is 13.3. The number of hydrogen-bond donors (Lipinski definition) is 9. The van der Waals surface area contributed by atoms with Crippen molar-refractivity contribution in [3.05, 3.63) is 34.2 Å². The smallest absolute Gasteiger partial charge is 0.336 e. The van der Waals surface area contributed by atoms with E-state index in [2.05, 4.69) is 20.0 Å². The summed E-state index contributed by atoms with van der Waals surface area (Å²) in [6.45, 7) is 6.90. The van der Waals surface area contributed by atoms with Gasteiger partial charge in [0, 0.05) is 39.8 Å². The van der Waals surface area contributed by atoms with Gasteiger partial charge in [-0.15, -0.1) is 0 Å². The maximum absolute atomic E-state index is 13.3. The highest BCUT2D eigenvalue weighted by Gasteiger charge is 2.40. The van der Waals surface area contributed by atoms with Crippen LogP contribution in [0.1, 0.15) is 51.6 Å². The molecule has 1 aliphatic heterocycles. The third-order valence-corrected chi connectivity index (χ3v) is 10.3. The van der Waals surface area contributed by atoms with E-state index >= 15 is 0 Å². The van der Waals surface area contributed by atoms with Gasteiger partial charge in [-0.05, 0) is 51.4 Å². The van der Waals surface area contributed by atoms with Crippen LogP contribution in [0.25, 0.3) is 22.4 Å². The number of carbonyl (C=O) groups is 4. The Kier molecular flexibility index (Phi) is 18.2. The fraction of sp³-hybridized carbons (Fsp3) is 0.529. The van der Waals surface area contributed by atoms with Gasteiger partial charge in [0.2, 0.25) is 10.0 Å². The molecule has 23 nitrogen and oxygen atoms in total. The number of aromatic amines is 1. The molecule has 24 heteroatoms. The molecule has 3 aromatic rings. The number of H-pyrrole nitrogens is 1. The Morgan fingerprint density at radius 3 is 2.12 bits per heavy atom. The molecule has 1 atom stereocenters. The summed E-state index contributed by atoms with van der Waals surface area (Å²) < 4.78 is 35.4. The van der Waals surface area contributed by atoms with Crippen LogP contribution in [0.5, 0.6) is 5.75 Å². The minimum absolute atomic E-state index is 0.0129. The first-order chi connectivity index (χ1) is 27.1. The van der Waals surface area contributed by atoms with Crippen LogP contribution < -0.4 is 27.5 Å². The molecule has 4 rings (SSSR count). The quantitative estimate of drug-likeness (QED) is 0.0438. The Morgan fingerprint density at radius 2 is 1.62 bits per heavy atom. The Bertz CT molecular complexity index is 2090. The van der Waals surface area contributed by atoms with Crippen LogP contribution in [-0.2, 0) is 42.7 Å². The number of nitrogens with two attached hydrogens (primary N) is 3. The first-order valence-electron chi connectivity index (χ1n) is 17.9. The van der Waals surface area contributed by atoms with Crippen LogP contribution in [0.15, 0.2) is 32.9 Å². The summed E-state index contributed by atoms with van der Waals surface area (Å²) in [7, 11) is -0.00831. The highest BCUT2D eigenvalue weighted by Crippen LogP contribution is 2.32. The number of aryl methyl sites for hydroxylation is 2. The first kappa shape index (κ1) is 48.5.